The van der Waals surface area contributed by atoms with Gasteiger partial charge in [-0.05, 0) is 50.8 Å². The van der Waals surface area contributed by atoms with Crippen molar-refractivity contribution in [1.82, 2.24) is 15.1 Å². The van der Waals surface area contributed by atoms with E-state index in [0.717, 1.165) is 97.3 Å². The molecular weight excluding hydrogens is 529 g/mol. The number of aliphatic imine (C=N–C) groups is 1. The Kier molecular flexibility index (Phi) is 11.0. The minimum Gasteiger partial charge on any atom is -0.375 e. The Morgan fingerprint density at radius 1 is 1.09 bits per heavy atom. The maximum Gasteiger partial charge on any atom is 0.194 e. The average molecular weight is 572 g/mol. The van der Waals surface area contributed by atoms with Crippen molar-refractivity contribution in [1.29, 1.82) is 0 Å². The summed E-state index contributed by atoms with van der Waals surface area (Å²) in [6.07, 6.45) is 3.78. The van der Waals surface area contributed by atoms with E-state index < -0.39 is 0 Å². The van der Waals surface area contributed by atoms with Crippen LogP contribution in [-0.4, -0.2) is 100 Å². The number of ether oxygens (including phenoxy) is 2. The van der Waals surface area contributed by atoms with Crippen molar-refractivity contribution >= 4 is 35.6 Å². The van der Waals surface area contributed by atoms with Crippen LogP contribution in [-0.2, 0) is 9.47 Å². The summed E-state index contributed by atoms with van der Waals surface area (Å²) in [6.45, 7) is 15.0. The van der Waals surface area contributed by atoms with Gasteiger partial charge in [-0.3, -0.25) is 9.89 Å². The maximum atomic E-state index is 6.01. The number of halogens is 1. The summed E-state index contributed by atoms with van der Waals surface area (Å²) in [5.41, 5.74) is 2.69. The van der Waals surface area contributed by atoms with Gasteiger partial charge in [-0.1, -0.05) is 12.1 Å². The minimum atomic E-state index is 0. The van der Waals surface area contributed by atoms with Gasteiger partial charge >= 0.3 is 0 Å². The number of morpholine rings is 1. The third-order valence-corrected chi connectivity index (χ3v) is 6.74. The summed E-state index contributed by atoms with van der Waals surface area (Å²) < 4.78 is 11.9. The third kappa shape index (κ3) is 7.70. The van der Waals surface area contributed by atoms with Gasteiger partial charge in [-0.15, -0.1) is 24.0 Å². The van der Waals surface area contributed by atoms with Crippen LogP contribution in [0.4, 0.5) is 5.69 Å². The minimum absolute atomic E-state index is 0. The number of guanidine groups is 1. The number of anilines is 1. The van der Waals surface area contributed by atoms with Gasteiger partial charge in [-0.25, -0.2) is 0 Å². The molecule has 33 heavy (non-hydrogen) atoms. The molecule has 186 valence electrons. The SMILES string of the molecule is CCNC(=NCCCN1CCN(c2cccc(C)c2)CC1)N1CCOC(C2CCCO2)C1.I. The molecule has 7 nitrogen and oxygen atoms in total. The summed E-state index contributed by atoms with van der Waals surface area (Å²) in [7, 11) is 0. The molecular formula is C25H42IN5O2. The van der Waals surface area contributed by atoms with Crippen LogP contribution in [0.1, 0.15) is 31.7 Å². The summed E-state index contributed by atoms with van der Waals surface area (Å²) in [5, 5.41) is 3.49. The molecule has 3 saturated heterocycles. The number of nitrogens with one attached hydrogen (secondary N) is 1. The molecule has 3 heterocycles. The zero-order valence-electron chi connectivity index (χ0n) is 20.4. The van der Waals surface area contributed by atoms with Crippen LogP contribution in [0, 0.1) is 6.92 Å². The first-order valence-corrected chi connectivity index (χ1v) is 12.5. The van der Waals surface area contributed by atoms with Crippen LogP contribution in [0.15, 0.2) is 29.3 Å². The molecule has 0 amide bonds. The number of benzene rings is 1. The standard InChI is InChI=1S/C25H41N5O2.HI/c1-3-26-25(30-16-18-32-24(20-30)23-9-5-17-31-23)27-10-6-11-28-12-14-29(15-13-28)22-8-4-7-21(2)19-22;/h4,7-8,19,23-24H,3,5-6,9-18,20H2,1-2H3,(H,26,27);1H. The zero-order chi connectivity index (χ0) is 22.2. The van der Waals surface area contributed by atoms with Gasteiger partial charge in [-0.2, -0.15) is 0 Å². The number of hydrogen-bond acceptors (Lipinski definition) is 5. The molecule has 2 atom stereocenters. The molecule has 8 heteroatoms. The predicted molar refractivity (Wildman–Crippen MR) is 146 cm³/mol. The van der Waals surface area contributed by atoms with Crippen molar-refractivity contribution in [3.8, 4) is 0 Å². The highest BCUT2D eigenvalue weighted by Crippen LogP contribution is 2.21. The van der Waals surface area contributed by atoms with Crippen molar-refractivity contribution in [3.63, 3.8) is 0 Å². The Morgan fingerprint density at radius 2 is 1.91 bits per heavy atom. The van der Waals surface area contributed by atoms with E-state index in [-0.39, 0.29) is 36.2 Å². The molecule has 3 fully saturated rings. The maximum absolute atomic E-state index is 6.01. The second-order valence-corrected chi connectivity index (χ2v) is 9.16. The molecule has 3 aliphatic rings. The van der Waals surface area contributed by atoms with Gasteiger partial charge in [0, 0.05) is 71.2 Å². The highest BCUT2D eigenvalue weighted by Gasteiger charge is 2.32. The summed E-state index contributed by atoms with van der Waals surface area (Å²) in [4.78, 5) is 12.4. The molecule has 0 aliphatic carbocycles. The zero-order valence-corrected chi connectivity index (χ0v) is 22.7. The normalized spacial score (nSPS) is 24.6. The molecule has 1 N–H and O–H groups in total. The van der Waals surface area contributed by atoms with Crippen molar-refractivity contribution in [2.24, 2.45) is 4.99 Å². The fourth-order valence-electron chi connectivity index (χ4n) is 4.95. The number of rotatable bonds is 7. The average Bonchev–Trinajstić information content (AvgIpc) is 3.37. The van der Waals surface area contributed by atoms with Crippen molar-refractivity contribution in [2.45, 2.75) is 45.3 Å². The van der Waals surface area contributed by atoms with Gasteiger partial charge in [0.2, 0.25) is 0 Å². The fraction of sp³-hybridized carbons (Fsp3) is 0.720. The lowest BCUT2D eigenvalue weighted by molar-refractivity contribution is -0.0817. The molecule has 0 bridgehead atoms. The van der Waals surface area contributed by atoms with Crippen LogP contribution in [0.5, 0.6) is 0 Å². The lowest BCUT2D eigenvalue weighted by Gasteiger charge is -2.37. The van der Waals surface area contributed by atoms with Gasteiger partial charge in [0.15, 0.2) is 5.96 Å². The van der Waals surface area contributed by atoms with Crippen LogP contribution in [0.3, 0.4) is 0 Å². The molecule has 0 spiro atoms. The van der Waals surface area contributed by atoms with E-state index in [2.05, 4.69) is 58.1 Å². The Bertz CT molecular complexity index is 735. The first-order valence-electron chi connectivity index (χ1n) is 12.5. The number of piperazine rings is 1. The molecule has 1 aromatic carbocycles. The van der Waals surface area contributed by atoms with Crippen molar-refractivity contribution < 1.29 is 9.47 Å². The fourth-order valence-corrected chi connectivity index (χ4v) is 4.95. The Hall–Kier alpha value is -1.10. The first-order chi connectivity index (χ1) is 15.7. The predicted octanol–water partition coefficient (Wildman–Crippen LogP) is 2.97. The largest absolute Gasteiger partial charge is 0.375 e. The molecule has 1 aromatic rings. The van der Waals surface area contributed by atoms with Gasteiger partial charge in [0.25, 0.3) is 0 Å². The van der Waals surface area contributed by atoms with E-state index in [1.807, 2.05) is 0 Å². The van der Waals surface area contributed by atoms with E-state index in [1.54, 1.807) is 0 Å². The van der Waals surface area contributed by atoms with Crippen molar-refractivity contribution in [3.05, 3.63) is 29.8 Å². The first kappa shape index (κ1) is 26.5. The van der Waals surface area contributed by atoms with E-state index in [4.69, 9.17) is 14.5 Å². The second kappa shape index (κ2) is 13.7. The van der Waals surface area contributed by atoms with E-state index in [1.165, 1.54) is 11.3 Å². The van der Waals surface area contributed by atoms with E-state index in [9.17, 15) is 0 Å². The van der Waals surface area contributed by atoms with Crippen LogP contribution in [0.2, 0.25) is 0 Å². The molecule has 3 aliphatic heterocycles. The molecule has 0 aromatic heterocycles. The monoisotopic (exact) mass is 571 g/mol. The Balaban J connectivity index is 0.00000306. The van der Waals surface area contributed by atoms with Gasteiger partial charge in [0.1, 0.15) is 6.10 Å². The lowest BCUT2D eigenvalue weighted by Crippen LogP contribution is -2.53. The number of nitrogens with zero attached hydrogens (tertiary/aromatic N) is 4. The second-order valence-electron chi connectivity index (χ2n) is 9.16. The van der Waals surface area contributed by atoms with E-state index >= 15 is 0 Å². The molecule has 0 radical (unpaired) electrons. The topological polar surface area (TPSA) is 52.6 Å². The van der Waals surface area contributed by atoms with Crippen LogP contribution < -0.4 is 10.2 Å². The summed E-state index contributed by atoms with van der Waals surface area (Å²) in [6, 6.07) is 8.85. The highest BCUT2D eigenvalue weighted by atomic mass is 127. The lowest BCUT2D eigenvalue weighted by atomic mass is 10.1. The molecule has 2 unspecified atom stereocenters. The third-order valence-electron chi connectivity index (χ3n) is 6.74. The quantitative estimate of drug-likeness (QED) is 0.235. The Labute approximate surface area is 216 Å². The molecule has 4 rings (SSSR count). The highest BCUT2D eigenvalue weighted by molar-refractivity contribution is 14.0. The van der Waals surface area contributed by atoms with Gasteiger partial charge in [0.05, 0.1) is 12.7 Å². The summed E-state index contributed by atoms with van der Waals surface area (Å²) >= 11 is 0. The van der Waals surface area contributed by atoms with Crippen LogP contribution in [0.25, 0.3) is 0 Å². The van der Waals surface area contributed by atoms with Crippen molar-refractivity contribution in [2.75, 3.05) is 77.0 Å². The van der Waals surface area contributed by atoms with Gasteiger partial charge < -0.3 is 24.6 Å². The number of aryl methyl sites for hydroxylation is 1. The van der Waals surface area contributed by atoms with E-state index in [0.29, 0.717) is 0 Å². The summed E-state index contributed by atoms with van der Waals surface area (Å²) in [5.74, 6) is 1.03. The Morgan fingerprint density at radius 3 is 2.64 bits per heavy atom. The molecule has 0 saturated carbocycles. The smallest absolute Gasteiger partial charge is 0.194 e. The van der Waals surface area contributed by atoms with Crippen LogP contribution >= 0.6 is 24.0 Å². The number of hydrogen-bond donors (Lipinski definition) is 1.